The van der Waals surface area contributed by atoms with E-state index in [1.165, 1.54) is 5.56 Å². The van der Waals surface area contributed by atoms with Crippen molar-refractivity contribution in [2.45, 2.75) is 25.2 Å². The number of benzene rings is 1. The van der Waals surface area contributed by atoms with Crippen molar-refractivity contribution in [3.8, 4) is 0 Å². The van der Waals surface area contributed by atoms with Crippen LogP contribution in [0.5, 0.6) is 0 Å². The Morgan fingerprint density at radius 1 is 1.23 bits per heavy atom. The highest BCUT2D eigenvalue weighted by molar-refractivity contribution is 5.86. The Kier molecular flexibility index (Phi) is 2.30. The molecule has 0 saturated heterocycles. The summed E-state index contributed by atoms with van der Waals surface area (Å²) in [6.45, 7) is 0. The second-order valence-corrected chi connectivity index (χ2v) is 3.52. The van der Waals surface area contributed by atoms with Crippen LogP contribution in [-0.4, -0.2) is 10.9 Å². The van der Waals surface area contributed by atoms with E-state index in [4.69, 9.17) is 5.21 Å². The van der Waals surface area contributed by atoms with Gasteiger partial charge < -0.3 is 5.21 Å². The SMILES string of the molecule is ON=C1CC[C@H](c2ccccc2)C1. The smallest absolute Gasteiger partial charge is 0.0577 e. The van der Waals surface area contributed by atoms with Gasteiger partial charge in [0, 0.05) is 0 Å². The van der Waals surface area contributed by atoms with Crippen LogP contribution in [0.4, 0.5) is 0 Å². The fourth-order valence-electron chi connectivity index (χ4n) is 1.93. The summed E-state index contributed by atoms with van der Waals surface area (Å²) in [5, 5.41) is 11.9. The predicted molar refractivity (Wildman–Crippen MR) is 52.3 cm³/mol. The van der Waals surface area contributed by atoms with Gasteiger partial charge in [0.05, 0.1) is 5.71 Å². The molecule has 13 heavy (non-hydrogen) atoms. The molecule has 1 atom stereocenters. The van der Waals surface area contributed by atoms with Crippen molar-refractivity contribution in [1.29, 1.82) is 0 Å². The van der Waals surface area contributed by atoms with E-state index in [1.54, 1.807) is 0 Å². The van der Waals surface area contributed by atoms with Crippen LogP contribution in [0.15, 0.2) is 35.5 Å². The molecule has 0 amide bonds. The third-order valence-corrected chi connectivity index (χ3v) is 2.68. The lowest BCUT2D eigenvalue weighted by atomic mass is 9.98. The van der Waals surface area contributed by atoms with Crippen LogP contribution in [0.25, 0.3) is 0 Å². The maximum atomic E-state index is 8.62. The monoisotopic (exact) mass is 175 g/mol. The van der Waals surface area contributed by atoms with Crippen LogP contribution >= 0.6 is 0 Å². The van der Waals surface area contributed by atoms with Gasteiger partial charge in [-0.25, -0.2) is 0 Å². The first kappa shape index (κ1) is 8.30. The van der Waals surface area contributed by atoms with Crippen molar-refractivity contribution in [2.75, 3.05) is 0 Å². The number of nitrogens with zero attached hydrogens (tertiary/aromatic N) is 1. The average Bonchev–Trinajstić information content (AvgIpc) is 2.67. The summed E-state index contributed by atoms with van der Waals surface area (Å²) in [4.78, 5) is 0. The molecule has 1 aromatic carbocycles. The first-order valence-electron chi connectivity index (χ1n) is 4.65. The molecule has 0 bridgehead atoms. The van der Waals surface area contributed by atoms with Crippen molar-refractivity contribution in [3.05, 3.63) is 35.9 Å². The van der Waals surface area contributed by atoms with E-state index in [1.807, 2.05) is 6.07 Å². The van der Waals surface area contributed by atoms with Crippen LogP contribution < -0.4 is 0 Å². The van der Waals surface area contributed by atoms with Crippen molar-refractivity contribution >= 4 is 5.71 Å². The zero-order valence-electron chi connectivity index (χ0n) is 7.48. The summed E-state index contributed by atoms with van der Waals surface area (Å²) in [6.07, 6.45) is 2.97. The summed E-state index contributed by atoms with van der Waals surface area (Å²) in [5.41, 5.74) is 2.30. The first-order chi connectivity index (χ1) is 6.40. The normalized spacial score (nSPS) is 25.2. The van der Waals surface area contributed by atoms with Gasteiger partial charge in [-0.3, -0.25) is 0 Å². The van der Waals surface area contributed by atoms with Crippen LogP contribution in [0, 0.1) is 0 Å². The van der Waals surface area contributed by atoms with Gasteiger partial charge in [-0.2, -0.15) is 0 Å². The standard InChI is InChI=1S/C11H13NO/c13-12-11-7-6-10(8-11)9-4-2-1-3-5-9/h1-5,10,13H,6-8H2/t10-/m0/s1. The Balaban J connectivity index is 2.13. The minimum Gasteiger partial charge on any atom is -0.411 e. The summed E-state index contributed by atoms with van der Waals surface area (Å²) in [5.74, 6) is 0.562. The Labute approximate surface area is 77.9 Å². The lowest BCUT2D eigenvalue weighted by molar-refractivity contribution is 0.317. The largest absolute Gasteiger partial charge is 0.411 e. The van der Waals surface area contributed by atoms with Gasteiger partial charge >= 0.3 is 0 Å². The summed E-state index contributed by atoms with van der Waals surface area (Å²) < 4.78 is 0. The van der Waals surface area contributed by atoms with Gasteiger partial charge in [0.25, 0.3) is 0 Å². The fourth-order valence-corrected chi connectivity index (χ4v) is 1.93. The highest BCUT2D eigenvalue weighted by Gasteiger charge is 2.21. The summed E-state index contributed by atoms with van der Waals surface area (Å²) in [7, 11) is 0. The van der Waals surface area contributed by atoms with Crippen molar-refractivity contribution in [3.63, 3.8) is 0 Å². The van der Waals surface area contributed by atoms with E-state index in [0.29, 0.717) is 5.92 Å². The topological polar surface area (TPSA) is 32.6 Å². The maximum absolute atomic E-state index is 8.62. The molecule has 1 saturated carbocycles. The predicted octanol–water partition coefficient (Wildman–Crippen LogP) is 2.78. The Hall–Kier alpha value is -1.31. The zero-order chi connectivity index (χ0) is 9.10. The first-order valence-corrected chi connectivity index (χ1v) is 4.65. The van der Waals surface area contributed by atoms with E-state index < -0.39 is 0 Å². The molecule has 0 radical (unpaired) electrons. The number of rotatable bonds is 1. The number of hydrogen-bond acceptors (Lipinski definition) is 2. The molecular weight excluding hydrogens is 162 g/mol. The molecule has 1 aliphatic carbocycles. The average molecular weight is 175 g/mol. The fraction of sp³-hybridized carbons (Fsp3) is 0.364. The van der Waals surface area contributed by atoms with Crippen molar-refractivity contribution in [2.24, 2.45) is 5.16 Å². The van der Waals surface area contributed by atoms with E-state index in [0.717, 1.165) is 25.0 Å². The number of hydrogen-bond donors (Lipinski definition) is 1. The van der Waals surface area contributed by atoms with E-state index in [2.05, 4.69) is 29.4 Å². The van der Waals surface area contributed by atoms with Gasteiger partial charge in [0.1, 0.15) is 0 Å². The third kappa shape index (κ3) is 1.72. The van der Waals surface area contributed by atoms with Crippen LogP contribution in [0.1, 0.15) is 30.7 Å². The minimum absolute atomic E-state index is 0.562. The van der Waals surface area contributed by atoms with Gasteiger partial charge in [0.2, 0.25) is 0 Å². The molecule has 2 heteroatoms. The van der Waals surface area contributed by atoms with Crippen molar-refractivity contribution in [1.82, 2.24) is 0 Å². The molecule has 1 fully saturated rings. The van der Waals surface area contributed by atoms with E-state index in [9.17, 15) is 0 Å². The minimum atomic E-state index is 0.562. The third-order valence-electron chi connectivity index (χ3n) is 2.68. The Morgan fingerprint density at radius 3 is 2.62 bits per heavy atom. The van der Waals surface area contributed by atoms with Crippen LogP contribution in [-0.2, 0) is 0 Å². The molecule has 0 aromatic heterocycles. The van der Waals surface area contributed by atoms with Gasteiger partial charge in [0.15, 0.2) is 0 Å². The molecule has 0 heterocycles. The lowest BCUT2D eigenvalue weighted by Gasteiger charge is -2.07. The van der Waals surface area contributed by atoms with Crippen molar-refractivity contribution < 1.29 is 5.21 Å². The molecule has 1 aromatic rings. The molecule has 0 spiro atoms. The molecule has 2 nitrogen and oxygen atoms in total. The summed E-state index contributed by atoms with van der Waals surface area (Å²) >= 11 is 0. The maximum Gasteiger partial charge on any atom is 0.0577 e. The second-order valence-electron chi connectivity index (χ2n) is 3.52. The molecular formula is C11H13NO. The highest BCUT2D eigenvalue weighted by Crippen LogP contribution is 2.32. The molecule has 1 aliphatic rings. The zero-order valence-corrected chi connectivity index (χ0v) is 7.48. The molecule has 1 N–H and O–H groups in total. The van der Waals surface area contributed by atoms with Crippen LogP contribution in [0.3, 0.4) is 0 Å². The molecule has 68 valence electrons. The lowest BCUT2D eigenvalue weighted by Crippen LogP contribution is -1.93. The van der Waals surface area contributed by atoms with Gasteiger partial charge in [-0.05, 0) is 30.7 Å². The van der Waals surface area contributed by atoms with E-state index in [-0.39, 0.29) is 0 Å². The second kappa shape index (κ2) is 3.60. The molecule has 0 aliphatic heterocycles. The molecule has 0 unspecified atom stereocenters. The highest BCUT2D eigenvalue weighted by atomic mass is 16.4. The van der Waals surface area contributed by atoms with Crippen LogP contribution in [0.2, 0.25) is 0 Å². The quantitative estimate of drug-likeness (QED) is 0.516. The van der Waals surface area contributed by atoms with E-state index >= 15 is 0 Å². The van der Waals surface area contributed by atoms with Gasteiger partial charge in [-0.15, -0.1) is 0 Å². The Morgan fingerprint density at radius 2 is 2.00 bits per heavy atom. The van der Waals surface area contributed by atoms with Gasteiger partial charge in [-0.1, -0.05) is 35.5 Å². The molecule has 2 rings (SSSR count). The number of oxime groups is 1. The Bertz CT molecular complexity index is 305. The summed E-state index contributed by atoms with van der Waals surface area (Å²) in [6, 6.07) is 10.4.